The minimum Gasteiger partial charge on any atom is -0.494 e. The van der Waals surface area contributed by atoms with Gasteiger partial charge >= 0.3 is 0 Å². The Labute approximate surface area is 183 Å². The summed E-state index contributed by atoms with van der Waals surface area (Å²) in [5.41, 5.74) is 1.37. The van der Waals surface area contributed by atoms with Crippen LogP contribution < -0.4 is 10.1 Å². The Balaban J connectivity index is 1.86. The molecule has 0 spiro atoms. The van der Waals surface area contributed by atoms with Crippen LogP contribution in [0.25, 0.3) is 0 Å². The molecule has 0 aliphatic carbocycles. The Kier molecular flexibility index (Phi) is 7.49. The van der Waals surface area contributed by atoms with Gasteiger partial charge in [0.1, 0.15) is 28.2 Å². The van der Waals surface area contributed by atoms with E-state index >= 15 is 0 Å². The third-order valence-electron chi connectivity index (χ3n) is 4.34. The molecular formula is C22H21ClF2N4O2. The summed E-state index contributed by atoms with van der Waals surface area (Å²) in [5.74, 6) is -1.18. The first kappa shape index (κ1) is 22.6. The maximum atomic E-state index is 14.4. The highest BCUT2D eigenvalue weighted by molar-refractivity contribution is 6.29. The van der Waals surface area contributed by atoms with Crippen molar-refractivity contribution in [2.75, 3.05) is 19.0 Å². The summed E-state index contributed by atoms with van der Waals surface area (Å²) in [6, 6.07) is 10.7. The number of benzene rings is 2. The van der Waals surface area contributed by atoms with Gasteiger partial charge in [-0.2, -0.15) is 0 Å². The highest BCUT2D eigenvalue weighted by Gasteiger charge is 2.16. The quantitative estimate of drug-likeness (QED) is 0.358. The van der Waals surface area contributed by atoms with Crippen LogP contribution in [0.4, 0.5) is 14.5 Å². The number of anilines is 1. The monoisotopic (exact) mass is 446 g/mol. The lowest BCUT2D eigenvalue weighted by Crippen LogP contribution is -2.13. The van der Waals surface area contributed by atoms with Crippen LogP contribution in [-0.4, -0.2) is 29.4 Å². The predicted molar refractivity (Wildman–Crippen MR) is 115 cm³/mol. The molecule has 3 aromatic rings. The molecule has 1 heterocycles. The molecule has 0 unspecified atom stereocenters. The average Bonchev–Trinajstić information content (AvgIpc) is 2.73. The minimum absolute atomic E-state index is 0.00981. The van der Waals surface area contributed by atoms with E-state index < -0.39 is 11.6 Å². The van der Waals surface area contributed by atoms with E-state index in [0.717, 1.165) is 12.1 Å². The SMILES string of the molecule is CCOc1cc(F)c(CNc2ccccc2C(=N)c2nc(Cl)cc(COC)n2)c(F)c1. The summed E-state index contributed by atoms with van der Waals surface area (Å²) >= 11 is 6.06. The largest absolute Gasteiger partial charge is 0.494 e. The lowest BCUT2D eigenvalue weighted by Gasteiger charge is -2.14. The van der Waals surface area contributed by atoms with Gasteiger partial charge in [0, 0.05) is 42.6 Å². The van der Waals surface area contributed by atoms with Gasteiger partial charge in [0.15, 0.2) is 5.82 Å². The van der Waals surface area contributed by atoms with Crippen molar-refractivity contribution in [3.63, 3.8) is 0 Å². The molecule has 0 saturated heterocycles. The third kappa shape index (κ3) is 5.53. The van der Waals surface area contributed by atoms with Crippen molar-refractivity contribution in [3.05, 3.63) is 81.9 Å². The van der Waals surface area contributed by atoms with Gasteiger partial charge in [-0.15, -0.1) is 0 Å². The van der Waals surface area contributed by atoms with E-state index in [2.05, 4.69) is 15.3 Å². The maximum Gasteiger partial charge on any atom is 0.179 e. The normalized spacial score (nSPS) is 10.7. The van der Waals surface area contributed by atoms with Crippen molar-refractivity contribution in [1.82, 2.24) is 9.97 Å². The van der Waals surface area contributed by atoms with Crippen LogP contribution in [0.3, 0.4) is 0 Å². The Morgan fingerprint density at radius 3 is 2.52 bits per heavy atom. The van der Waals surface area contributed by atoms with Gasteiger partial charge in [0.05, 0.1) is 18.9 Å². The van der Waals surface area contributed by atoms with Gasteiger partial charge in [-0.1, -0.05) is 29.8 Å². The number of rotatable bonds is 9. The van der Waals surface area contributed by atoms with Gasteiger partial charge in [-0.25, -0.2) is 18.7 Å². The van der Waals surface area contributed by atoms with E-state index in [4.69, 9.17) is 26.5 Å². The summed E-state index contributed by atoms with van der Waals surface area (Å²) in [6.07, 6.45) is 0. The number of halogens is 3. The van der Waals surface area contributed by atoms with E-state index in [1.54, 1.807) is 37.3 Å². The summed E-state index contributed by atoms with van der Waals surface area (Å²) in [6.45, 7) is 2.14. The Hall–Kier alpha value is -3.10. The molecule has 6 nitrogen and oxygen atoms in total. The number of ether oxygens (including phenoxy) is 2. The zero-order valence-corrected chi connectivity index (χ0v) is 17.8. The molecule has 0 fully saturated rings. The second-order valence-corrected chi connectivity index (χ2v) is 6.90. The van der Waals surface area contributed by atoms with E-state index in [9.17, 15) is 8.78 Å². The van der Waals surface area contributed by atoms with Gasteiger partial charge in [-0.05, 0) is 19.1 Å². The minimum atomic E-state index is -0.717. The molecular weight excluding hydrogens is 426 g/mol. The molecule has 2 N–H and O–H groups in total. The molecule has 162 valence electrons. The number of hydrogen-bond donors (Lipinski definition) is 2. The molecule has 3 rings (SSSR count). The Bertz CT molecular complexity index is 1070. The standard InChI is InChI=1S/C22H21ClF2N4O2/c1-3-31-14-9-17(24)16(18(25)10-14)11-27-19-7-5-4-6-15(19)21(26)22-28-13(12-30-2)8-20(23)29-22/h4-10,26-27H,3,11-12H2,1-2H3. The Morgan fingerprint density at radius 1 is 1.13 bits per heavy atom. The molecule has 31 heavy (non-hydrogen) atoms. The smallest absolute Gasteiger partial charge is 0.179 e. The zero-order chi connectivity index (χ0) is 22.4. The van der Waals surface area contributed by atoms with E-state index in [-0.39, 0.29) is 41.2 Å². The topological polar surface area (TPSA) is 80.1 Å². The first-order valence-corrected chi connectivity index (χ1v) is 9.86. The second-order valence-electron chi connectivity index (χ2n) is 6.51. The van der Waals surface area contributed by atoms with Gasteiger partial charge < -0.3 is 14.8 Å². The number of para-hydroxylation sites is 1. The van der Waals surface area contributed by atoms with Crippen molar-refractivity contribution in [1.29, 1.82) is 5.41 Å². The van der Waals surface area contributed by atoms with Crippen LogP contribution >= 0.6 is 11.6 Å². The fourth-order valence-corrected chi connectivity index (χ4v) is 3.16. The molecule has 0 saturated carbocycles. The third-order valence-corrected chi connectivity index (χ3v) is 4.53. The van der Waals surface area contributed by atoms with Crippen molar-refractivity contribution < 1.29 is 18.3 Å². The van der Waals surface area contributed by atoms with Crippen LogP contribution in [0.5, 0.6) is 5.75 Å². The van der Waals surface area contributed by atoms with Crippen molar-refractivity contribution >= 4 is 23.0 Å². The van der Waals surface area contributed by atoms with Crippen LogP contribution in [-0.2, 0) is 17.9 Å². The van der Waals surface area contributed by atoms with Gasteiger partial charge in [0.25, 0.3) is 0 Å². The van der Waals surface area contributed by atoms with Crippen LogP contribution in [0, 0.1) is 17.0 Å². The fraction of sp³-hybridized carbons (Fsp3) is 0.227. The number of nitrogens with zero attached hydrogens (tertiary/aromatic N) is 2. The molecule has 0 atom stereocenters. The molecule has 0 bridgehead atoms. The molecule has 1 aromatic heterocycles. The van der Waals surface area contributed by atoms with Crippen molar-refractivity contribution in [2.24, 2.45) is 0 Å². The zero-order valence-electron chi connectivity index (χ0n) is 17.0. The predicted octanol–water partition coefficient (Wildman–Crippen LogP) is 4.98. The summed E-state index contributed by atoms with van der Waals surface area (Å²) in [4.78, 5) is 8.43. The first-order chi connectivity index (χ1) is 14.9. The number of aromatic nitrogens is 2. The van der Waals surface area contributed by atoms with Crippen molar-refractivity contribution in [2.45, 2.75) is 20.1 Å². The molecule has 0 amide bonds. The average molecular weight is 447 g/mol. The van der Waals surface area contributed by atoms with E-state index in [1.165, 1.54) is 7.11 Å². The molecule has 0 radical (unpaired) electrons. The maximum absolute atomic E-state index is 14.4. The van der Waals surface area contributed by atoms with E-state index in [0.29, 0.717) is 23.6 Å². The lowest BCUT2D eigenvalue weighted by atomic mass is 10.1. The van der Waals surface area contributed by atoms with Crippen LogP contribution in [0.1, 0.15) is 29.6 Å². The van der Waals surface area contributed by atoms with Crippen LogP contribution in [0.15, 0.2) is 42.5 Å². The molecule has 2 aromatic carbocycles. The van der Waals surface area contributed by atoms with Gasteiger partial charge in [0.2, 0.25) is 0 Å². The van der Waals surface area contributed by atoms with Crippen molar-refractivity contribution in [3.8, 4) is 5.75 Å². The summed E-state index contributed by atoms with van der Waals surface area (Å²) < 4.78 is 39.0. The number of methoxy groups -OCH3 is 1. The highest BCUT2D eigenvalue weighted by atomic mass is 35.5. The molecule has 0 aliphatic rings. The Morgan fingerprint density at radius 2 is 1.84 bits per heavy atom. The van der Waals surface area contributed by atoms with E-state index in [1.807, 2.05) is 0 Å². The number of nitrogens with one attached hydrogen (secondary N) is 2. The molecule has 9 heteroatoms. The second kappa shape index (κ2) is 10.3. The fourth-order valence-electron chi connectivity index (χ4n) is 2.96. The van der Waals surface area contributed by atoms with Gasteiger partial charge in [-0.3, -0.25) is 5.41 Å². The highest BCUT2D eigenvalue weighted by Crippen LogP contribution is 2.24. The molecule has 0 aliphatic heterocycles. The summed E-state index contributed by atoms with van der Waals surface area (Å²) in [7, 11) is 1.53. The lowest BCUT2D eigenvalue weighted by molar-refractivity contribution is 0.181. The first-order valence-electron chi connectivity index (χ1n) is 9.48. The summed E-state index contributed by atoms with van der Waals surface area (Å²) in [5, 5.41) is 11.7. The van der Waals surface area contributed by atoms with Crippen LogP contribution in [0.2, 0.25) is 5.15 Å². The number of hydrogen-bond acceptors (Lipinski definition) is 6.